The van der Waals surface area contributed by atoms with Gasteiger partial charge in [-0.2, -0.15) is 5.26 Å². The van der Waals surface area contributed by atoms with E-state index in [1.165, 1.54) is 0 Å². The van der Waals surface area contributed by atoms with Crippen LogP contribution in [0.4, 0.5) is 0 Å². The summed E-state index contributed by atoms with van der Waals surface area (Å²) >= 11 is 0. The highest BCUT2D eigenvalue weighted by molar-refractivity contribution is 7.92. The molecule has 1 aliphatic rings. The van der Waals surface area contributed by atoms with Gasteiger partial charge in [0, 0.05) is 19.6 Å². The van der Waals surface area contributed by atoms with Crippen molar-refractivity contribution in [2.45, 2.75) is 31.6 Å². The van der Waals surface area contributed by atoms with E-state index in [-0.39, 0.29) is 5.75 Å². The molecule has 17 heavy (non-hydrogen) atoms. The number of sulfone groups is 1. The van der Waals surface area contributed by atoms with Crippen LogP contribution in [0.3, 0.4) is 0 Å². The highest BCUT2D eigenvalue weighted by atomic mass is 32.2. The minimum atomic E-state index is -3.09. The van der Waals surface area contributed by atoms with Gasteiger partial charge in [-0.25, -0.2) is 8.42 Å². The van der Waals surface area contributed by atoms with Crippen LogP contribution in [0.2, 0.25) is 0 Å². The molecule has 0 spiro atoms. The van der Waals surface area contributed by atoms with Crippen molar-refractivity contribution < 1.29 is 13.2 Å². The predicted octanol–water partition coefficient (Wildman–Crippen LogP) is 0.424. The topological polar surface area (TPSA) is 70.4 Å². The number of nitrogens with zero attached hydrogens (tertiary/aromatic N) is 2. The third kappa shape index (κ3) is 3.95. The first-order valence-corrected chi connectivity index (χ1v) is 7.37. The van der Waals surface area contributed by atoms with Crippen molar-refractivity contribution in [1.82, 2.24) is 4.90 Å². The van der Waals surface area contributed by atoms with Crippen LogP contribution in [-0.4, -0.2) is 56.2 Å². The molecule has 1 aliphatic heterocycles. The van der Waals surface area contributed by atoms with Crippen LogP contribution in [0.1, 0.15) is 20.8 Å². The molecule has 0 aromatic heterocycles. The molecule has 0 bridgehead atoms. The summed E-state index contributed by atoms with van der Waals surface area (Å²) in [5.41, 5.74) is 0. The van der Waals surface area contributed by atoms with E-state index in [2.05, 4.69) is 0 Å². The van der Waals surface area contributed by atoms with Crippen LogP contribution >= 0.6 is 0 Å². The zero-order valence-electron chi connectivity index (χ0n) is 10.6. The third-order valence-electron chi connectivity index (χ3n) is 2.90. The normalized spacial score (nSPS) is 23.3. The largest absolute Gasteiger partial charge is 0.361 e. The molecule has 0 radical (unpaired) electrons. The van der Waals surface area contributed by atoms with E-state index in [4.69, 9.17) is 10.00 Å². The quantitative estimate of drug-likeness (QED) is 0.735. The van der Waals surface area contributed by atoms with Crippen molar-refractivity contribution in [1.29, 1.82) is 5.26 Å². The molecule has 1 fully saturated rings. The summed E-state index contributed by atoms with van der Waals surface area (Å²) < 4.78 is 28.3. The number of morpholine rings is 1. The highest BCUT2D eigenvalue weighted by Gasteiger charge is 2.30. The maximum absolute atomic E-state index is 11.9. The lowest BCUT2D eigenvalue weighted by atomic mass is 10.3. The first-order chi connectivity index (χ1) is 7.76. The van der Waals surface area contributed by atoms with E-state index < -0.39 is 20.7 Å². The fourth-order valence-corrected chi connectivity index (χ4v) is 2.65. The molecule has 98 valence electrons. The van der Waals surface area contributed by atoms with Crippen molar-refractivity contribution in [3.05, 3.63) is 0 Å². The maximum Gasteiger partial charge on any atom is 0.156 e. The number of ether oxygens (including phenoxy) is 1. The summed E-state index contributed by atoms with van der Waals surface area (Å²) in [4.78, 5) is 1.97. The van der Waals surface area contributed by atoms with Gasteiger partial charge >= 0.3 is 0 Å². The van der Waals surface area contributed by atoms with Gasteiger partial charge in [0.25, 0.3) is 0 Å². The maximum atomic E-state index is 11.9. The Bertz CT molecular complexity index is 392. The highest BCUT2D eigenvalue weighted by Crippen LogP contribution is 2.16. The van der Waals surface area contributed by atoms with Crippen molar-refractivity contribution in [2.24, 2.45) is 0 Å². The summed E-state index contributed by atoms with van der Waals surface area (Å²) in [6, 6.07) is 2.05. The van der Waals surface area contributed by atoms with Crippen molar-refractivity contribution in [3.8, 4) is 6.07 Å². The van der Waals surface area contributed by atoms with Crippen molar-refractivity contribution in [3.63, 3.8) is 0 Å². The van der Waals surface area contributed by atoms with Gasteiger partial charge in [0.1, 0.15) is 0 Å². The van der Waals surface area contributed by atoms with Crippen molar-refractivity contribution in [2.75, 3.05) is 32.0 Å². The average Bonchev–Trinajstić information content (AvgIpc) is 2.25. The second-order valence-corrected chi connectivity index (χ2v) is 8.08. The number of rotatable bonds is 3. The fraction of sp³-hybridized carbons (Fsp3) is 0.909. The molecule has 0 aliphatic carbocycles. The van der Waals surface area contributed by atoms with Gasteiger partial charge in [-0.1, -0.05) is 0 Å². The molecule has 1 rings (SSSR count). The van der Waals surface area contributed by atoms with E-state index in [1.54, 1.807) is 20.8 Å². The first-order valence-electron chi connectivity index (χ1n) is 5.72. The summed E-state index contributed by atoms with van der Waals surface area (Å²) in [6.07, 6.45) is -0.430. The Hall–Kier alpha value is -0.640. The van der Waals surface area contributed by atoms with Crippen molar-refractivity contribution >= 4 is 9.84 Å². The summed E-state index contributed by atoms with van der Waals surface area (Å²) in [6.45, 7) is 7.28. The second-order valence-electron chi connectivity index (χ2n) is 5.22. The lowest BCUT2D eigenvalue weighted by Crippen LogP contribution is -2.45. The molecule has 1 heterocycles. The molecule has 5 nitrogen and oxygen atoms in total. The molecule has 0 N–H and O–H groups in total. The van der Waals surface area contributed by atoms with Gasteiger partial charge in [-0.15, -0.1) is 0 Å². The zero-order chi connectivity index (χ0) is 13.1. The van der Waals surface area contributed by atoms with Gasteiger partial charge in [-0.3, -0.25) is 4.90 Å². The molecule has 0 aromatic rings. The van der Waals surface area contributed by atoms with E-state index in [0.29, 0.717) is 26.2 Å². The Kier molecular flexibility index (Phi) is 4.53. The molecule has 1 saturated heterocycles. The Morgan fingerprint density at radius 1 is 1.47 bits per heavy atom. The van der Waals surface area contributed by atoms with Gasteiger partial charge in [0.15, 0.2) is 15.9 Å². The molecular weight excluding hydrogens is 240 g/mol. The number of hydrogen-bond donors (Lipinski definition) is 0. The minimum absolute atomic E-state index is 0.134. The molecule has 1 unspecified atom stereocenters. The fourth-order valence-electron chi connectivity index (χ4n) is 1.54. The Morgan fingerprint density at radius 3 is 2.65 bits per heavy atom. The number of hydrogen-bond acceptors (Lipinski definition) is 5. The van der Waals surface area contributed by atoms with E-state index in [9.17, 15) is 8.42 Å². The van der Waals surface area contributed by atoms with Crippen LogP contribution in [0.5, 0.6) is 0 Å². The summed E-state index contributed by atoms with van der Waals surface area (Å²) in [7, 11) is -3.09. The average molecular weight is 260 g/mol. The van der Waals surface area contributed by atoms with Crippen LogP contribution < -0.4 is 0 Å². The van der Waals surface area contributed by atoms with Crippen LogP contribution in [0, 0.1) is 11.3 Å². The monoisotopic (exact) mass is 260 g/mol. The Balaban J connectivity index is 2.49. The summed E-state index contributed by atoms with van der Waals surface area (Å²) in [5.74, 6) is 0.134. The molecule has 0 aromatic carbocycles. The predicted molar refractivity (Wildman–Crippen MR) is 65.3 cm³/mol. The van der Waals surface area contributed by atoms with Crippen LogP contribution in [-0.2, 0) is 14.6 Å². The van der Waals surface area contributed by atoms with E-state index in [0.717, 1.165) is 0 Å². The standard InChI is InChI=1S/C11H20N2O3S/c1-11(2,3)17(14,15)7-5-13-4-6-16-10(8-12)9-13/h10H,4-7,9H2,1-3H3. The lowest BCUT2D eigenvalue weighted by Gasteiger charge is -2.30. The van der Waals surface area contributed by atoms with Crippen LogP contribution in [0.15, 0.2) is 0 Å². The van der Waals surface area contributed by atoms with Gasteiger partial charge in [0.05, 0.1) is 23.2 Å². The minimum Gasteiger partial charge on any atom is -0.361 e. The summed E-state index contributed by atoms with van der Waals surface area (Å²) in [5, 5.41) is 8.75. The second kappa shape index (κ2) is 5.34. The smallest absolute Gasteiger partial charge is 0.156 e. The Labute approximate surface area is 103 Å². The lowest BCUT2D eigenvalue weighted by molar-refractivity contribution is 0.00295. The first kappa shape index (κ1) is 14.4. The van der Waals surface area contributed by atoms with Gasteiger partial charge in [0.2, 0.25) is 0 Å². The molecule has 6 heteroatoms. The number of nitriles is 1. The van der Waals surface area contributed by atoms with E-state index in [1.807, 2.05) is 11.0 Å². The van der Waals surface area contributed by atoms with Gasteiger partial charge < -0.3 is 4.74 Å². The molecule has 1 atom stereocenters. The molecule has 0 saturated carbocycles. The van der Waals surface area contributed by atoms with Gasteiger partial charge in [-0.05, 0) is 20.8 Å². The molecule has 0 amide bonds. The van der Waals surface area contributed by atoms with E-state index >= 15 is 0 Å². The van der Waals surface area contributed by atoms with Crippen LogP contribution in [0.25, 0.3) is 0 Å². The molecular formula is C11H20N2O3S. The Morgan fingerprint density at radius 2 is 2.12 bits per heavy atom. The third-order valence-corrected chi connectivity index (χ3v) is 5.49. The zero-order valence-corrected chi connectivity index (χ0v) is 11.5. The SMILES string of the molecule is CC(C)(C)S(=O)(=O)CCN1CCOC(C#N)C1.